The number of nitrogens with one attached hydrogen (secondary N) is 1. The van der Waals surface area contributed by atoms with Crippen molar-refractivity contribution < 1.29 is 12.8 Å². The lowest BCUT2D eigenvalue weighted by Gasteiger charge is -2.10. The average molecular weight is 381 g/mol. The monoisotopic (exact) mass is 379 g/mol. The standard InChI is InChI=1S/C11H8BrClFN3O2S/c12-10-2-1-7(5-16-10)17-20(18,19)9-4-6(15)3-8(13)11(9)14/h1-5,17H,15H2. The van der Waals surface area contributed by atoms with E-state index in [1.807, 2.05) is 0 Å². The van der Waals surface area contributed by atoms with Gasteiger partial charge in [-0.1, -0.05) is 11.6 Å². The van der Waals surface area contributed by atoms with E-state index in [-0.39, 0.29) is 16.4 Å². The van der Waals surface area contributed by atoms with Crippen molar-refractivity contribution in [2.75, 3.05) is 10.5 Å². The summed E-state index contributed by atoms with van der Waals surface area (Å²) < 4.78 is 40.8. The van der Waals surface area contributed by atoms with Crippen molar-refractivity contribution in [1.82, 2.24) is 4.98 Å². The van der Waals surface area contributed by atoms with Crippen molar-refractivity contribution in [3.63, 3.8) is 0 Å². The molecule has 5 nitrogen and oxygen atoms in total. The number of benzene rings is 1. The Balaban J connectivity index is 2.43. The molecular weight excluding hydrogens is 373 g/mol. The van der Waals surface area contributed by atoms with Crippen LogP contribution in [0.4, 0.5) is 15.8 Å². The number of hydrogen-bond donors (Lipinski definition) is 2. The van der Waals surface area contributed by atoms with Crippen LogP contribution in [0, 0.1) is 5.82 Å². The Morgan fingerprint density at radius 2 is 2.05 bits per heavy atom. The Labute approximate surface area is 128 Å². The van der Waals surface area contributed by atoms with Gasteiger partial charge in [0, 0.05) is 5.69 Å². The Kier molecular flexibility index (Phi) is 4.17. The van der Waals surface area contributed by atoms with E-state index in [4.69, 9.17) is 17.3 Å². The first-order valence-electron chi connectivity index (χ1n) is 5.18. The predicted octanol–water partition coefficient (Wildman–Crippen LogP) is 3.02. The van der Waals surface area contributed by atoms with Crippen LogP contribution in [0.3, 0.4) is 0 Å². The van der Waals surface area contributed by atoms with Crippen molar-refractivity contribution >= 4 is 48.9 Å². The second-order valence-electron chi connectivity index (χ2n) is 3.79. The van der Waals surface area contributed by atoms with Gasteiger partial charge in [0.1, 0.15) is 9.50 Å². The number of hydrogen-bond acceptors (Lipinski definition) is 4. The summed E-state index contributed by atoms with van der Waals surface area (Å²) in [5, 5.41) is -0.362. The molecule has 1 heterocycles. The highest BCUT2D eigenvalue weighted by molar-refractivity contribution is 9.10. The highest BCUT2D eigenvalue weighted by Gasteiger charge is 2.22. The van der Waals surface area contributed by atoms with Gasteiger partial charge in [0.2, 0.25) is 0 Å². The smallest absolute Gasteiger partial charge is 0.264 e. The lowest BCUT2D eigenvalue weighted by molar-refractivity contribution is 0.571. The summed E-state index contributed by atoms with van der Waals surface area (Å²) in [7, 11) is -4.15. The first kappa shape index (κ1) is 15.0. The van der Waals surface area contributed by atoms with E-state index < -0.39 is 20.7 Å². The number of aromatic nitrogens is 1. The first-order chi connectivity index (χ1) is 9.29. The number of nitrogen functional groups attached to an aromatic ring is 1. The lowest BCUT2D eigenvalue weighted by atomic mass is 10.3. The molecule has 0 spiro atoms. The molecule has 0 bridgehead atoms. The molecule has 20 heavy (non-hydrogen) atoms. The zero-order chi connectivity index (χ0) is 14.9. The minimum atomic E-state index is -4.15. The summed E-state index contributed by atoms with van der Waals surface area (Å²) in [6, 6.07) is 5.15. The van der Waals surface area contributed by atoms with Gasteiger partial charge in [-0.3, -0.25) is 4.72 Å². The van der Waals surface area contributed by atoms with Crippen molar-refractivity contribution in [2.24, 2.45) is 0 Å². The van der Waals surface area contributed by atoms with Crippen LogP contribution in [0.15, 0.2) is 40.0 Å². The van der Waals surface area contributed by atoms with E-state index >= 15 is 0 Å². The Morgan fingerprint density at radius 1 is 1.35 bits per heavy atom. The fourth-order valence-corrected chi connectivity index (χ4v) is 3.12. The number of anilines is 2. The molecule has 3 N–H and O–H groups in total. The zero-order valence-electron chi connectivity index (χ0n) is 9.77. The summed E-state index contributed by atoms with van der Waals surface area (Å²) >= 11 is 8.70. The van der Waals surface area contributed by atoms with Gasteiger partial charge in [0.15, 0.2) is 5.82 Å². The van der Waals surface area contributed by atoms with E-state index in [1.54, 1.807) is 6.07 Å². The van der Waals surface area contributed by atoms with Crippen LogP contribution in [0.2, 0.25) is 5.02 Å². The molecule has 0 aliphatic rings. The highest BCUT2D eigenvalue weighted by Crippen LogP contribution is 2.27. The molecule has 2 rings (SSSR count). The third-order valence-corrected chi connectivity index (χ3v) is 4.41. The number of pyridine rings is 1. The predicted molar refractivity (Wildman–Crippen MR) is 78.6 cm³/mol. The molecule has 0 saturated heterocycles. The van der Waals surface area contributed by atoms with Crippen LogP contribution < -0.4 is 10.5 Å². The minimum absolute atomic E-state index is 0.0470. The van der Waals surface area contributed by atoms with Crippen molar-refractivity contribution in [2.45, 2.75) is 4.90 Å². The molecule has 1 aromatic carbocycles. The van der Waals surface area contributed by atoms with Crippen LogP contribution in [-0.2, 0) is 10.0 Å². The van der Waals surface area contributed by atoms with E-state index in [0.29, 0.717) is 4.60 Å². The second-order valence-corrected chi connectivity index (χ2v) is 6.66. The molecular formula is C11H8BrClFN3O2S. The maximum absolute atomic E-state index is 13.8. The van der Waals surface area contributed by atoms with Gasteiger partial charge in [-0.25, -0.2) is 17.8 Å². The van der Waals surface area contributed by atoms with Crippen LogP contribution in [0.5, 0.6) is 0 Å². The summed E-state index contributed by atoms with van der Waals surface area (Å²) in [6.45, 7) is 0. The fraction of sp³-hybridized carbons (Fsp3) is 0. The average Bonchev–Trinajstić information content (AvgIpc) is 2.36. The molecule has 0 unspecified atom stereocenters. The molecule has 106 valence electrons. The number of sulfonamides is 1. The van der Waals surface area contributed by atoms with Crippen LogP contribution in [0.25, 0.3) is 0 Å². The number of halogens is 3. The topological polar surface area (TPSA) is 85.1 Å². The summed E-state index contributed by atoms with van der Waals surface area (Å²) in [6.07, 6.45) is 1.29. The van der Waals surface area contributed by atoms with Crippen molar-refractivity contribution in [1.29, 1.82) is 0 Å². The van der Waals surface area contributed by atoms with Gasteiger partial charge in [0.25, 0.3) is 10.0 Å². The van der Waals surface area contributed by atoms with Crippen LogP contribution in [0.1, 0.15) is 0 Å². The Morgan fingerprint density at radius 3 is 2.65 bits per heavy atom. The molecule has 0 aliphatic heterocycles. The Bertz CT molecular complexity index is 753. The SMILES string of the molecule is Nc1cc(Cl)c(F)c(S(=O)(=O)Nc2ccc(Br)nc2)c1. The number of rotatable bonds is 3. The third-order valence-electron chi connectivity index (χ3n) is 2.29. The lowest BCUT2D eigenvalue weighted by Crippen LogP contribution is -2.15. The zero-order valence-corrected chi connectivity index (χ0v) is 12.9. The van der Waals surface area contributed by atoms with E-state index in [9.17, 15) is 12.8 Å². The van der Waals surface area contributed by atoms with Gasteiger partial charge in [-0.15, -0.1) is 0 Å². The number of nitrogens with two attached hydrogens (primary N) is 1. The van der Waals surface area contributed by atoms with Crippen molar-refractivity contribution in [3.8, 4) is 0 Å². The molecule has 0 fully saturated rings. The normalized spacial score (nSPS) is 11.3. The Hall–Kier alpha value is -1.38. The summed E-state index contributed by atoms with van der Waals surface area (Å²) in [5.74, 6) is -1.06. The third kappa shape index (κ3) is 3.20. The van der Waals surface area contributed by atoms with Crippen LogP contribution in [-0.4, -0.2) is 13.4 Å². The second kappa shape index (κ2) is 5.55. The highest BCUT2D eigenvalue weighted by atomic mass is 79.9. The first-order valence-corrected chi connectivity index (χ1v) is 7.84. The van der Waals surface area contributed by atoms with E-state index in [1.165, 1.54) is 12.3 Å². The van der Waals surface area contributed by atoms with Crippen LogP contribution >= 0.6 is 27.5 Å². The largest absolute Gasteiger partial charge is 0.399 e. The van der Waals surface area contributed by atoms with E-state index in [2.05, 4.69) is 25.6 Å². The van der Waals surface area contributed by atoms with Gasteiger partial charge >= 0.3 is 0 Å². The number of nitrogens with zero attached hydrogens (tertiary/aromatic N) is 1. The summed E-state index contributed by atoms with van der Waals surface area (Å²) in [4.78, 5) is 3.24. The fourth-order valence-electron chi connectivity index (χ4n) is 1.43. The molecule has 0 saturated carbocycles. The van der Waals surface area contributed by atoms with Gasteiger partial charge in [0.05, 0.1) is 16.9 Å². The molecule has 0 atom stereocenters. The molecule has 0 amide bonds. The van der Waals surface area contributed by atoms with Gasteiger partial charge in [-0.2, -0.15) is 0 Å². The molecule has 9 heteroatoms. The minimum Gasteiger partial charge on any atom is -0.399 e. The molecule has 1 aromatic heterocycles. The van der Waals surface area contributed by atoms with Gasteiger partial charge < -0.3 is 5.73 Å². The van der Waals surface area contributed by atoms with E-state index in [0.717, 1.165) is 12.1 Å². The van der Waals surface area contributed by atoms with Gasteiger partial charge in [-0.05, 0) is 40.2 Å². The quantitative estimate of drug-likeness (QED) is 0.633. The maximum atomic E-state index is 13.8. The summed E-state index contributed by atoms with van der Waals surface area (Å²) in [5.41, 5.74) is 5.71. The molecule has 2 aromatic rings. The molecule has 0 aliphatic carbocycles. The maximum Gasteiger partial charge on any atom is 0.264 e. The molecule has 0 radical (unpaired) electrons. The van der Waals surface area contributed by atoms with Crippen molar-refractivity contribution in [3.05, 3.63) is 45.9 Å².